The van der Waals surface area contributed by atoms with Crippen LogP contribution in [0.4, 0.5) is 0 Å². The molecule has 0 bridgehead atoms. The highest BCUT2D eigenvalue weighted by Crippen LogP contribution is 2.45. The van der Waals surface area contributed by atoms with Gasteiger partial charge in [-0.2, -0.15) is 5.26 Å². The monoisotopic (exact) mass is 495 g/mol. The zero-order chi connectivity index (χ0) is 26.3. The molecule has 35 heavy (non-hydrogen) atoms. The highest BCUT2D eigenvalue weighted by molar-refractivity contribution is 6.48. The van der Waals surface area contributed by atoms with Gasteiger partial charge in [-0.3, -0.25) is 9.59 Å². The van der Waals surface area contributed by atoms with Crippen LogP contribution in [0.2, 0.25) is 13.1 Å². The van der Waals surface area contributed by atoms with Gasteiger partial charge in [0.15, 0.2) is 6.10 Å². The first-order chi connectivity index (χ1) is 16.1. The standard InChI is InChI=1S/C27H35N2O5Si/c1-17(30)32-24-23(20-14-18(16-28)10-11-21(20)33-26(24,5)6)29-13-12-19(15-22(29)31)27(7,25(2,3)4)34-35(8)9/h10-15,23-24H,1-9H3/t23-,24+,27?/m0/s1. The van der Waals surface area contributed by atoms with Gasteiger partial charge in [0.25, 0.3) is 5.56 Å². The van der Waals surface area contributed by atoms with Crippen molar-refractivity contribution in [3.8, 4) is 11.8 Å². The predicted molar refractivity (Wildman–Crippen MR) is 136 cm³/mol. The Morgan fingerprint density at radius 3 is 2.34 bits per heavy atom. The van der Waals surface area contributed by atoms with Gasteiger partial charge in [0.2, 0.25) is 9.04 Å². The number of aromatic nitrogens is 1. The molecule has 1 aliphatic heterocycles. The molecule has 8 heteroatoms. The summed E-state index contributed by atoms with van der Waals surface area (Å²) in [5, 5.41) is 9.48. The van der Waals surface area contributed by atoms with Crippen molar-refractivity contribution in [3.05, 3.63) is 63.6 Å². The van der Waals surface area contributed by atoms with Gasteiger partial charge >= 0.3 is 5.97 Å². The first kappa shape index (κ1) is 26.7. The molecule has 0 spiro atoms. The Balaban J connectivity index is 2.24. The van der Waals surface area contributed by atoms with Gasteiger partial charge in [-0.1, -0.05) is 20.8 Å². The molecule has 0 saturated carbocycles. The molecule has 2 aromatic rings. The third-order valence-electron chi connectivity index (χ3n) is 6.73. The summed E-state index contributed by atoms with van der Waals surface area (Å²) in [6.45, 7) is 17.5. The number of carbonyl (C=O) groups is 1. The number of ether oxygens (including phenoxy) is 2. The smallest absolute Gasteiger partial charge is 0.303 e. The molecule has 2 heterocycles. The topological polar surface area (TPSA) is 90.5 Å². The van der Waals surface area contributed by atoms with Crippen molar-refractivity contribution in [1.82, 2.24) is 4.57 Å². The minimum atomic E-state index is -1.06. The number of benzene rings is 1. The van der Waals surface area contributed by atoms with Crippen molar-refractivity contribution in [2.75, 3.05) is 0 Å². The second-order valence-electron chi connectivity index (χ2n) is 11.0. The fraction of sp³-hybridized carbons (Fsp3) is 0.519. The molecule has 1 aromatic carbocycles. The molecule has 0 aliphatic carbocycles. The van der Waals surface area contributed by atoms with E-state index in [4.69, 9.17) is 13.9 Å². The molecule has 0 amide bonds. The zero-order valence-electron chi connectivity index (χ0n) is 22.1. The van der Waals surface area contributed by atoms with E-state index in [9.17, 15) is 14.9 Å². The Bertz CT molecular complexity index is 1220. The van der Waals surface area contributed by atoms with E-state index in [-0.39, 0.29) is 11.0 Å². The molecular weight excluding hydrogens is 460 g/mol. The summed E-state index contributed by atoms with van der Waals surface area (Å²) in [5.74, 6) is 0.0703. The minimum Gasteiger partial charge on any atom is -0.484 e. The lowest BCUT2D eigenvalue weighted by atomic mass is 9.74. The van der Waals surface area contributed by atoms with Crippen LogP contribution in [0, 0.1) is 16.7 Å². The van der Waals surface area contributed by atoms with Crippen LogP contribution in [-0.2, 0) is 19.6 Å². The summed E-state index contributed by atoms with van der Waals surface area (Å²) in [6, 6.07) is 10.1. The fourth-order valence-electron chi connectivity index (χ4n) is 4.58. The fourth-order valence-corrected chi connectivity index (χ4v) is 5.82. The number of carbonyl (C=O) groups excluding carboxylic acids is 1. The molecule has 3 rings (SSSR count). The van der Waals surface area contributed by atoms with Crippen LogP contribution in [0.5, 0.6) is 5.75 Å². The Hall–Kier alpha value is -2.89. The minimum absolute atomic E-state index is 0.254. The molecule has 187 valence electrons. The third-order valence-corrected chi connectivity index (χ3v) is 7.55. The molecule has 3 atom stereocenters. The second-order valence-corrected chi connectivity index (χ2v) is 13.0. The molecule has 1 aliphatic rings. The van der Waals surface area contributed by atoms with Crippen LogP contribution in [0.25, 0.3) is 0 Å². The van der Waals surface area contributed by atoms with Gasteiger partial charge in [0.1, 0.15) is 17.4 Å². The van der Waals surface area contributed by atoms with E-state index in [1.54, 1.807) is 35.0 Å². The lowest BCUT2D eigenvalue weighted by Crippen LogP contribution is -2.54. The van der Waals surface area contributed by atoms with Gasteiger partial charge < -0.3 is 18.5 Å². The lowest BCUT2D eigenvalue weighted by molar-refractivity contribution is -0.163. The van der Waals surface area contributed by atoms with Gasteiger partial charge in [-0.05, 0) is 69.1 Å². The van der Waals surface area contributed by atoms with Crippen LogP contribution in [0.1, 0.15) is 71.2 Å². The quantitative estimate of drug-likeness (QED) is 0.431. The van der Waals surface area contributed by atoms with Gasteiger partial charge in [0, 0.05) is 24.8 Å². The van der Waals surface area contributed by atoms with Crippen molar-refractivity contribution in [3.63, 3.8) is 0 Å². The SMILES string of the molecule is CC(=O)O[C@@H]1[C@@H](n2ccc(C(C)(O[Si](C)C)C(C)(C)C)cc2=O)c2cc(C#N)ccc2OC1(C)C. The predicted octanol–water partition coefficient (Wildman–Crippen LogP) is 4.94. The summed E-state index contributed by atoms with van der Waals surface area (Å²) >= 11 is 0. The molecule has 1 unspecified atom stereocenters. The number of nitrogens with zero attached hydrogens (tertiary/aromatic N) is 2. The van der Waals surface area contributed by atoms with Crippen LogP contribution in [-0.4, -0.2) is 31.3 Å². The maximum Gasteiger partial charge on any atom is 0.303 e. The van der Waals surface area contributed by atoms with Crippen LogP contribution >= 0.6 is 0 Å². The van der Waals surface area contributed by atoms with Crippen molar-refractivity contribution < 1.29 is 18.7 Å². The Morgan fingerprint density at radius 2 is 1.83 bits per heavy atom. The molecule has 7 nitrogen and oxygen atoms in total. The van der Waals surface area contributed by atoms with Crippen LogP contribution < -0.4 is 10.3 Å². The van der Waals surface area contributed by atoms with E-state index < -0.39 is 38.4 Å². The molecule has 0 saturated heterocycles. The number of hydrogen-bond acceptors (Lipinski definition) is 6. The Kier molecular flexibility index (Phi) is 7.08. The van der Waals surface area contributed by atoms with E-state index in [2.05, 4.69) is 39.9 Å². The largest absolute Gasteiger partial charge is 0.484 e. The maximum absolute atomic E-state index is 13.7. The third kappa shape index (κ3) is 5.07. The summed E-state index contributed by atoms with van der Waals surface area (Å²) < 4.78 is 19.9. The number of hydrogen-bond donors (Lipinski definition) is 0. The summed E-state index contributed by atoms with van der Waals surface area (Å²) in [6.07, 6.45) is 0.935. The summed E-state index contributed by atoms with van der Waals surface area (Å²) in [5.41, 5.74) is -0.262. The normalized spacial score (nSPS) is 20.8. The van der Waals surface area contributed by atoms with E-state index in [1.165, 1.54) is 6.92 Å². The van der Waals surface area contributed by atoms with Crippen molar-refractivity contribution in [2.24, 2.45) is 5.41 Å². The summed E-state index contributed by atoms with van der Waals surface area (Å²) in [4.78, 5) is 25.7. The van der Waals surface area contributed by atoms with E-state index in [0.717, 1.165) is 5.56 Å². The second kappa shape index (κ2) is 9.28. The number of esters is 1. The van der Waals surface area contributed by atoms with E-state index >= 15 is 0 Å². The van der Waals surface area contributed by atoms with Crippen molar-refractivity contribution >= 4 is 15.0 Å². The number of fused-ring (bicyclic) bond motifs is 1. The van der Waals surface area contributed by atoms with Crippen molar-refractivity contribution in [2.45, 2.75) is 84.9 Å². The maximum atomic E-state index is 13.7. The number of pyridine rings is 1. The first-order valence-corrected chi connectivity index (χ1v) is 14.1. The van der Waals surface area contributed by atoms with Crippen molar-refractivity contribution in [1.29, 1.82) is 5.26 Å². The average Bonchev–Trinajstić information content (AvgIpc) is 2.72. The highest BCUT2D eigenvalue weighted by Gasteiger charge is 2.48. The van der Waals surface area contributed by atoms with Gasteiger partial charge in [-0.25, -0.2) is 0 Å². The number of rotatable bonds is 5. The zero-order valence-corrected chi connectivity index (χ0v) is 23.1. The first-order valence-electron chi connectivity index (χ1n) is 11.7. The van der Waals surface area contributed by atoms with E-state index in [0.29, 0.717) is 16.9 Å². The highest BCUT2D eigenvalue weighted by atomic mass is 28.3. The molecule has 0 N–H and O–H groups in total. The Labute approximate surface area is 209 Å². The molecule has 1 aromatic heterocycles. The number of nitriles is 1. The molecule has 0 fully saturated rings. The summed E-state index contributed by atoms with van der Waals surface area (Å²) in [7, 11) is -1.06. The van der Waals surface area contributed by atoms with E-state index in [1.807, 2.05) is 26.8 Å². The Morgan fingerprint density at radius 1 is 1.17 bits per heavy atom. The average molecular weight is 496 g/mol. The van der Waals surface area contributed by atoms with Crippen LogP contribution in [0.15, 0.2) is 41.3 Å². The lowest BCUT2D eigenvalue weighted by Gasteiger charge is -2.45. The van der Waals surface area contributed by atoms with Gasteiger partial charge in [-0.15, -0.1) is 0 Å². The molecular formula is C27H35N2O5Si. The van der Waals surface area contributed by atoms with Crippen LogP contribution in [0.3, 0.4) is 0 Å². The van der Waals surface area contributed by atoms with Gasteiger partial charge in [0.05, 0.1) is 17.2 Å². The molecule has 1 radical (unpaired) electrons.